The number of carbonyl (C=O) groups excluding carboxylic acids is 1. The third-order valence-electron chi connectivity index (χ3n) is 2.83. The lowest BCUT2D eigenvalue weighted by Crippen LogP contribution is -2.39. The van der Waals surface area contributed by atoms with Crippen molar-refractivity contribution in [3.8, 4) is 0 Å². The number of halogens is 4. The maximum Gasteiger partial charge on any atom is 0.406 e. The molecule has 1 saturated heterocycles. The van der Waals surface area contributed by atoms with Crippen molar-refractivity contribution in [2.45, 2.75) is 18.6 Å². The molecule has 19 heavy (non-hydrogen) atoms. The van der Waals surface area contributed by atoms with E-state index in [9.17, 15) is 18.0 Å². The zero-order valence-electron chi connectivity index (χ0n) is 9.88. The first kappa shape index (κ1) is 14.0. The summed E-state index contributed by atoms with van der Waals surface area (Å²) >= 11 is 5.80. The van der Waals surface area contributed by atoms with E-state index in [0.717, 1.165) is 4.90 Å². The van der Waals surface area contributed by atoms with Crippen molar-refractivity contribution in [1.82, 2.24) is 4.90 Å². The predicted octanol–water partition coefficient (Wildman–Crippen LogP) is 2.92. The number of alkyl halides is 3. The summed E-state index contributed by atoms with van der Waals surface area (Å²) in [4.78, 5) is 12.6. The second-order valence-electron chi connectivity index (χ2n) is 4.37. The molecule has 104 valence electrons. The number of amides is 1. The third kappa shape index (κ3) is 3.76. The highest BCUT2D eigenvalue weighted by molar-refractivity contribution is 6.30. The number of hydrogen-bond donors (Lipinski definition) is 1. The van der Waals surface area contributed by atoms with E-state index in [1.165, 1.54) is 0 Å². The van der Waals surface area contributed by atoms with Gasteiger partial charge in [0, 0.05) is 17.3 Å². The van der Waals surface area contributed by atoms with Gasteiger partial charge in [0.25, 0.3) is 0 Å². The normalized spacial score (nSPS) is 19.9. The molecule has 1 aliphatic rings. The van der Waals surface area contributed by atoms with Crippen LogP contribution >= 0.6 is 11.6 Å². The molecular weight excluding hydrogens is 281 g/mol. The van der Waals surface area contributed by atoms with E-state index >= 15 is 0 Å². The molecule has 0 bridgehead atoms. The topological polar surface area (TPSA) is 32.3 Å². The van der Waals surface area contributed by atoms with Gasteiger partial charge < -0.3 is 10.2 Å². The van der Waals surface area contributed by atoms with Gasteiger partial charge in [-0.25, -0.2) is 0 Å². The van der Waals surface area contributed by atoms with Gasteiger partial charge >= 0.3 is 6.18 Å². The number of benzene rings is 1. The molecule has 1 amide bonds. The SMILES string of the molecule is O=C1[C@@H](Nc2cccc(Cl)c2)CCN1CC(F)(F)F. The predicted molar refractivity (Wildman–Crippen MR) is 66.1 cm³/mol. The van der Waals surface area contributed by atoms with Gasteiger partial charge in [-0.15, -0.1) is 0 Å². The minimum atomic E-state index is -4.36. The fraction of sp³-hybridized carbons (Fsp3) is 0.417. The van der Waals surface area contributed by atoms with Crippen LogP contribution in [0.25, 0.3) is 0 Å². The monoisotopic (exact) mass is 292 g/mol. The second kappa shape index (κ2) is 5.28. The maximum absolute atomic E-state index is 12.3. The van der Waals surface area contributed by atoms with Crippen molar-refractivity contribution >= 4 is 23.2 Å². The van der Waals surface area contributed by atoms with Crippen LogP contribution in [0.5, 0.6) is 0 Å². The van der Waals surface area contributed by atoms with Crippen LogP contribution in [0.3, 0.4) is 0 Å². The Kier molecular flexibility index (Phi) is 3.89. The number of nitrogens with one attached hydrogen (secondary N) is 1. The summed E-state index contributed by atoms with van der Waals surface area (Å²) in [5, 5.41) is 3.41. The van der Waals surface area contributed by atoms with E-state index < -0.39 is 24.7 Å². The molecule has 1 aliphatic heterocycles. The van der Waals surface area contributed by atoms with Crippen molar-refractivity contribution in [2.75, 3.05) is 18.4 Å². The Balaban J connectivity index is 1.98. The molecule has 3 nitrogen and oxygen atoms in total. The van der Waals surface area contributed by atoms with Crippen molar-refractivity contribution in [3.05, 3.63) is 29.3 Å². The standard InChI is InChI=1S/C12H12ClF3N2O/c13-8-2-1-3-9(6-8)17-10-4-5-18(11(10)19)7-12(14,15)16/h1-3,6,10,17H,4-5,7H2/t10-/m0/s1. The third-order valence-corrected chi connectivity index (χ3v) is 3.07. The van der Waals surface area contributed by atoms with Crippen LogP contribution in [-0.4, -0.2) is 36.1 Å². The number of anilines is 1. The summed E-state index contributed by atoms with van der Waals surface area (Å²) in [5.41, 5.74) is 0.625. The molecule has 1 atom stereocenters. The first-order valence-electron chi connectivity index (χ1n) is 5.73. The summed E-state index contributed by atoms with van der Waals surface area (Å²) in [7, 11) is 0. The summed E-state index contributed by atoms with van der Waals surface area (Å²) in [6, 6.07) is 6.10. The van der Waals surface area contributed by atoms with Gasteiger partial charge in [-0.3, -0.25) is 4.79 Å². The molecule has 1 heterocycles. The van der Waals surface area contributed by atoms with E-state index in [1.54, 1.807) is 24.3 Å². The Morgan fingerprint density at radius 1 is 1.42 bits per heavy atom. The van der Waals surface area contributed by atoms with Gasteiger partial charge in [0.2, 0.25) is 5.91 Å². The fourth-order valence-electron chi connectivity index (χ4n) is 2.03. The van der Waals surface area contributed by atoms with Gasteiger partial charge in [-0.2, -0.15) is 13.2 Å². The van der Waals surface area contributed by atoms with Crippen LogP contribution in [0.15, 0.2) is 24.3 Å². The van der Waals surface area contributed by atoms with Crippen LogP contribution in [0.4, 0.5) is 18.9 Å². The van der Waals surface area contributed by atoms with E-state index in [4.69, 9.17) is 11.6 Å². The largest absolute Gasteiger partial charge is 0.406 e. The molecule has 1 N–H and O–H groups in total. The molecule has 1 fully saturated rings. The molecule has 1 aromatic carbocycles. The first-order chi connectivity index (χ1) is 8.85. The molecule has 0 aliphatic carbocycles. The summed E-state index contributed by atoms with van der Waals surface area (Å²) in [6.07, 6.45) is -4.01. The van der Waals surface area contributed by atoms with Crippen LogP contribution in [0.2, 0.25) is 5.02 Å². The van der Waals surface area contributed by atoms with Crippen molar-refractivity contribution in [1.29, 1.82) is 0 Å². The lowest BCUT2D eigenvalue weighted by Gasteiger charge is -2.19. The van der Waals surface area contributed by atoms with Crippen LogP contribution < -0.4 is 5.32 Å². The Labute approximate surface area is 113 Å². The number of hydrogen-bond acceptors (Lipinski definition) is 2. The molecule has 0 radical (unpaired) electrons. The molecule has 0 spiro atoms. The Morgan fingerprint density at radius 3 is 2.79 bits per heavy atom. The molecule has 0 aromatic heterocycles. The number of likely N-dealkylation sites (tertiary alicyclic amines) is 1. The Hall–Kier alpha value is -1.43. The molecular formula is C12H12ClF3N2O. The molecule has 2 rings (SSSR count). The summed E-state index contributed by atoms with van der Waals surface area (Å²) in [5.74, 6) is -0.530. The molecule has 0 saturated carbocycles. The number of carbonyl (C=O) groups is 1. The quantitative estimate of drug-likeness (QED) is 0.929. The second-order valence-corrected chi connectivity index (χ2v) is 4.81. The number of nitrogens with zero attached hydrogens (tertiary/aromatic N) is 1. The van der Waals surface area contributed by atoms with Crippen molar-refractivity contribution < 1.29 is 18.0 Å². The molecule has 7 heteroatoms. The van der Waals surface area contributed by atoms with Gasteiger partial charge in [-0.05, 0) is 24.6 Å². The van der Waals surface area contributed by atoms with Crippen molar-refractivity contribution in [2.24, 2.45) is 0 Å². The van der Waals surface area contributed by atoms with E-state index in [0.29, 0.717) is 17.1 Å². The van der Waals surface area contributed by atoms with Gasteiger partial charge in [0.1, 0.15) is 12.6 Å². The van der Waals surface area contributed by atoms with Gasteiger partial charge in [0.05, 0.1) is 0 Å². The fourth-order valence-corrected chi connectivity index (χ4v) is 2.22. The zero-order valence-corrected chi connectivity index (χ0v) is 10.6. The zero-order chi connectivity index (χ0) is 14.0. The highest BCUT2D eigenvalue weighted by Crippen LogP contribution is 2.23. The average molecular weight is 293 g/mol. The average Bonchev–Trinajstić information content (AvgIpc) is 2.60. The highest BCUT2D eigenvalue weighted by Gasteiger charge is 2.39. The minimum absolute atomic E-state index is 0.108. The van der Waals surface area contributed by atoms with E-state index in [-0.39, 0.29) is 6.54 Å². The first-order valence-corrected chi connectivity index (χ1v) is 6.10. The Bertz CT molecular complexity index is 478. The van der Waals surface area contributed by atoms with Gasteiger partial charge in [0.15, 0.2) is 0 Å². The smallest absolute Gasteiger partial charge is 0.374 e. The van der Waals surface area contributed by atoms with Crippen LogP contribution in [0, 0.1) is 0 Å². The Morgan fingerprint density at radius 2 is 2.16 bits per heavy atom. The number of rotatable bonds is 3. The van der Waals surface area contributed by atoms with E-state index in [1.807, 2.05) is 0 Å². The van der Waals surface area contributed by atoms with Crippen molar-refractivity contribution in [3.63, 3.8) is 0 Å². The molecule has 1 aromatic rings. The molecule has 0 unspecified atom stereocenters. The van der Waals surface area contributed by atoms with Gasteiger partial charge in [-0.1, -0.05) is 17.7 Å². The lowest BCUT2D eigenvalue weighted by molar-refractivity contribution is -0.157. The lowest BCUT2D eigenvalue weighted by atomic mass is 10.2. The summed E-state index contributed by atoms with van der Waals surface area (Å²) in [6.45, 7) is -1.09. The van der Waals surface area contributed by atoms with Crippen LogP contribution in [0.1, 0.15) is 6.42 Å². The maximum atomic E-state index is 12.3. The minimum Gasteiger partial charge on any atom is -0.374 e. The van der Waals surface area contributed by atoms with Crippen LogP contribution in [-0.2, 0) is 4.79 Å². The highest BCUT2D eigenvalue weighted by atomic mass is 35.5. The summed E-state index contributed by atoms with van der Waals surface area (Å²) < 4.78 is 36.8. The van der Waals surface area contributed by atoms with E-state index in [2.05, 4.69) is 5.32 Å².